The van der Waals surface area contributed by atoms with Gasteiger partial charge in [0.2, 0.25) is 5.91 Å². The van der Waals surface area contributed by atoms with Crippen molar-refractivity contribution in [1.82, 2.24) is 5.32 Å². The van der Waals surface area contributed by atoms with Gasteiger partial charge in [-0.15, -0.1) is 0 Å². The average molecular weight is 612 g/mol. The van der Waals surface area contributed by atoms with Crippen molar-refractivity contribution in [2.45, 2.75) is 45.7 Å². The van der Waals surface area contributed by atoms with E-state index in [1.54, 1.807) is 6.92 Å². The fraction of sp³-hybridized carbons (Fsp3) is 0.333. The first-order valence-electron chi connectivity index (χ1n) is 12.8. The van der Waals surface area contributed by atoms with E-state index >= 15 is 0 Å². The number of carbonyl (C=O) groups is 2. The molecule has 0 saturated heterocycles. The molecule has 0 radical (unpaired) electrons. The summed E-state index contributed by atoms with van der Waals surface area (Å²) in [6.07, 6.45) is 1.57. The topological polar surface area (TPSA) is 61.9 Å². The van der Waals surface area contributed by atoms with Crippen LogP contribution in [0.2, 0.25) is 0 Å². The Hall–Kier alpha value is -2.91. The Morgan fingerprint density at radius 2 is 1.76 bits per heavy atom. The fourth-order valence-electron chi connectivity index (χ4n) is 4.92. The lowest BCUT2D eigenvalue weighted by molar-refractivity contribution is -0.117. The number of hydrogen-bond donors (Lipinski definition) is 1. The van der Waals surface area contributed by atoms with Gasteiger partial charge in [0.05, 0.1) is 12.6 Å². The lowest BCUT2D eigenvalue weighted by atomic mass is 9.89. The van der Waals surface area contributed by atoms with Crippen molar-refractivity contribution in [2.24, 2.45) is 0 Å². The molecule has 0 fully saturated rings. The number of fused-ring (bicyclic) bond motifs is 1. The number of nitrogens with one attached hydrogen (secondary N) is 1. The zero-order valence-corrected chi connectivity index (χ0v) is 23.8. The minimum absolute atomic E-state index is 0.0194. The number of hydrogen-bond acceptors (Lipinski definition) is 4. The molecule has 0 bridgehead atoms. The zero-order valence-electron chi connectivity index (χ0n) is 21.6. The standard InChI is InChI=1S/C30H34IN3O3/c1-4-32-18-7-19-37-26-16-10-23(11-17-26)30(36)33-21(2)20-29(27-8-5-6-9-28(27)33)34(22(3)35)25-14-12-24(31)13-15-25/h5-6,8-17,21,29,32H,4,7,18-20H2,1-3H3/t21-,29+/m0/s1. The van der Waals surface area contributed by atoms with Gasteiger partial charge in [-0.3, -0.25) is 9.59 Å². The molecule has 0 aliphatic carbocycles. The van der Waals surface area contributed by atoms with Crippen molar-refractivity contribution in [3.8, 4) is 5.75 Å². The van der Waals surface area contributed by atoms with Crippen molar-refractivity contribution < 1.29 is 14.3 Å². The van der Waals surface area contributed by atoms with E-state index < -0.39 is 0 Å². The number of benzene rings is 3. The highest BCUT2D eigenvalue weighted by molar-refractivity contribution is 14.1. The van der Waals surface area contributed by atoms with Gasteiger partial charge in [-0.25, -0.2) is 0 Å². The molecular formula is C30H34IN3O3. The number of rotatable bonds is 9. The van der Waals surface area contributed by atoms with Gasteiger partial charge in [0, 0.05) is 33.5 Å². The summed E-state index contributed by atoms with van der Waals surface area (Å²) in [4.78, 5) is 30.3. The van der Waals surface area contributed by atoms with Gasteiger partial charge in [-0.2, -0.15) is 0 Å². The van der Waals surface area contributed by atoms with Crippen molar-refractivity contribution >= 4 is 45.8 Å². The summed E-state index contributed by atoms with van der Waals surface area (Å²) in [7, 11) is 0. The summed E-state index contributed by atoms with van der Waals surface area (Å²) in [5.74, 6) is 0.685. The molecule has 3 aromatic rings. The Labute approximate surface area is 233 Å². The minimum Gasteiger partial charge on any atom is -0.494 e. The normalized spacial score (nSPS) is 16.7. The van der Waals surface area contributed by atoms with Crippen molar-refractivity contribution in [3.63, 3.8) is 0 Å². The third-order valence-electron chi connectivity index (χ3n) is 6.65. The highest BCUT2D eigenvalue weighted by Gasteiger charge is 2.38. The largest absolute Gasteiger partial charge is 0.494 e. The van der Waals surface area contributed by atoms with E-state index in [1.165, 1.54) is 0 Å². The van der Waals surface area contributed by atoms with Crippen LogP contribution in [0.25, 0.3) is 0 Å². The molecular weight excluding hydrogens is 577 g/mol. The third kappa shape index (κ3) is 6.33. The molecule has 2 amide bonds. The Morgan fingerprint density at radius 1 is 1.05 bits per heavy atom. The predicted molar refractivity (Wildman–Crippen MR) is 157 cm³/mol. The molecule has 0 unspecified atom stereocenters. The van der Waals surface area contributed by atoms with E-state index in [0.29, 0.717) is 18.6 Å². The molecule has 1 heterocycles. The van der Waals surface area contributed by atoms with Crippen LogP contribution in [-0.4, -0.2) is 37.6 Å². The number of ether oxygens (including phenoxy) is 1. The van der Waals surface area contributed by atoms with Crippen LogP contribution in [0.5, 0.6) is 5.75 Å². The van der Waals surface area contributed by atoms with Gasteiger partial charge in [-0.1, -0.05) is 25.1 Å². The summed E-state index contributed by atoms with van der Waals surface area (Å²) in [6.45, 7) is 8.24. The molecule has 0 aromatic heterocycles. The average Bonchev–Trinajstić information content (AvgIpc) is 2.90. The Kier molecular flexibility index (Phi) is 9.21. The van der Waals surface area contributed by atoms with Crippen LogP contribution >= 0.6 is 22.6 Å². The Balaban J connectivity index is 1.57. The van der Waals surface area contributed by atoms with Gasteiger partial charge in [0.15, 0.2) is 0 Å². The molecule has 1 aliphatic heterocycles. The first-order valence-corrected chi connectivity index (χ1v) is 13.9. The molecule has 0 saturated carbocycles. The lowest BCUT2D eigenvalue weighted by Gasteiger charge is -2.43. The number of carbonyl (C=O) groups excluding carboxylic acids is 2. The van der Waals surface area contributed by atoms with E-state index in [9.17, 15) is 9.59 Å². The van der Waals surface area contributed by atoms with E-state index in [4.69, 9.17) is 4.74 Å². The molecule has 37 heavy (non-hydrogen) atoms. The van der Waals surface area contributed by atoms with Crippen LogP contribution in [0.3, 0.4) is 0 Å². The fourth-order valence-corrected chi connectivity index (χ4v) is 5.27. The first-order chi connectivity index (χ1) is 17.9. The Bertz CT molecular complexity index is 1210. The van der Waals surface area contributed by atoms with Crippen LogP contribution in [0.4, 0.5) is 11.4 Å². The number of anilines is 2. The maximum Gasteiger partial charge on any atom is 0.258 e. The second-order valence-electron chi connectivity index (χ2n) is 9.28. The van der Waals surface area contributed by atoms with Gasteiger partial charge < -0.3 is 19.9 Å². The highest BCUT2D eigenvalue weighted by atomic mass is 127. The van der Waals surface area contributed by atoms with Crippen LogP contribution in [0.15, 0.2) is 72.8 Å². The monoisotopic (exact) mass is 611 g/mol. The SMILES string of the molecule is CCNCCCOc1ccc(C(=O)N2c3ccccc3[C@H](N(C(C)=O)c3ccc(I)cc3)C[C@@H]2C)cc1. The summed E-state index contributed by atoms with van der Waals surface area (Å²) in [5.41, 5.74) is 3.29. The molecule has 1 aliphatic rings. The number of para-hydroxylation sites is 1. The molecule has 0 spiro atoms. The summed E-state index contributed by atoms with van der Waals surface area (Å²) in [5, 5.41) is 3.28. The van der Waals surface area contributed by atoms with Crippen molar-refractivity contribution in [1.29, 1.82) is 0 Å². The molecule has 6 nitrogen and oxygen atoms in total. The maximum absolute atomic E-state index is 13.7. The number of halogens is 1. The maximum atomic E-state index is 13.7. The summed E-state index contributed by atoms with van der Waals surface area (Å²) < 4.78 is 6.93. The van der Waals surface area contributed by atoms with Crippen molar-refractivity contribution in [2.75, 3.05) is 29.5 Å². The zero-order chi connectivity index (χ0) is 26.4. The predicted octanol–water partition coefficient (Wildman–Crippen LogP) is 6.20. The first kappa shape index (κ1) is 27.1. The molecule has 4 rings (SSSR count). The van der Waals surface area contributed by atoms with E-state index in [-0.39, 0.29) is 23.9 Å². The van der Waals surface area contributed by atoms with Gasteiger partial charge in [0.25, 0.3) is 5.91 Å². The lowest BCUT2D eigenvalue weighted by Crippen LogP contribution is -2.47. The van der Waals surface area contributed by atoms with Gasteiger partial charge in [0.1, 0.15) is 5.75 Å². The van der Waals surface area contributed by atoms with Crippen molar-refractivity contribution in [3.05, 3.63) is 87.5 Å². The number of amides is 2. The molecule has 7 heteroatoms. The van der Waals surface area contributed by atoms with E-state index in [1.807, 2.05) is 82.6 Å². The quantitative estimate of drug-likeness (QED) is 0.231. The second kappa shape index (κ2) is 12.6. The minimum atomic E-state index is -0.161. The van der Waals surface area contributed by atoms with Crippen LogP contribution in [-0.2, 0) is 4.79 Å². The smallest absolute Gasteiger partial charge is 0.258 e. The highest BCUT2D eigenvalue weighted by Crippen LogP contribution is 2.42. The van der Waals surface area contributed by atoms with E-state index in [0.717, 1.165) is 45.8 Å². The van der Waals surface area contributed by atoms with Crippen LogP contribution < -0.4 is 19.9 Å². The molecule has 194 valence electrons. The Morgan fingerprint density at radius 3 is 2.43 bits per heavy atom. The van der Waals surface area contributed by atoms with Crippen LogP contribution in [0, 0.1) is 3.57 Å². The van der Waals surface area contributed by atoms with Gasteiger partial charge in [-0.05, 0) is 116 Å². The number of nitrogens with zero attached hydrogens (tertiary/aromatic N) is 2. The molecule has 1 N–H and O–H groups in total. The third-order valence-corrected chi connectivity index (χ3v) is 7.37. The van der Waals surface area contributed by atoms with Crippen LogP contribution in [0.1, 0.15) is 55.6 Å². The molecule has 2 atom stereocenters. The van der Waals surface area contributed by atoms with E-state index in [2.05, 4.69) is 41.8 Å². The second-order valence-corrected chi connectivity index (χ2v) is 10.5. The summed E-state index contributed by atoms with van der Waals surface area (Å²) in [6, 6.07) is 23.0. The van der Waals surface area contributed by atoms with Gasteiger partial charge >= 0.3 is 0 Å². The molecule has 3 aromatic carbocycles. The summed E-state index contributed by atoms with van der Waals surface area (Å²) >= 11 is 2.27.